The Morgan fingerprint density at radius 2 is 1.29 bits per heavy atom. The SMILES string of the molecule is Cc1ccc([N]c2ccccc2)cc1. The van der Waals surface area contributed by atoms with Gasteiger partial charge in [0.1, 0.15) is 0 Å². The maximum absolute atomic E-state index is 4.48. The molecule has 0 heterocycles. The quantitative estimate of drug-likeness (QED) is 0.674. The van der Waals surface area contributed by atoms with Crippen LogP contribution in [0.2, 0.25) is 0 Å². The van der Waals surface area contributed by atoms with Crippen LogP contribution in [0.5, 0.6) is 0 Å². The van der Waals surface area contributed by atoms with Gasteiger partial charge in [0.15, 0.2) is 0 Å². The lowest BCUT2D eigenvalue weighted by molar-refractivity contribution is 1.18. The highest BCUT2D eigenvalue weighted by Gasteiger charge is 1.94. The summed E-state index contributed by atoms with van der Waals surface area (Å²) in [7, 11) is 0. The van der Waals surface area contributed by atoms with Crippen molar-refractivity contribution in [3.63, 3.8) is 0 Å². The molecule has 69 valence electrons. The second kappa shape index (κ2) is 3.97. The average molecular weight is 182 g/mol. The average Bonchev–Trinajstić information content (AvgIpc) is 2.23. The van der Waals surface area contributed by atoms with Crippen LogP contribution in [-0.2, 0) is 0 Å². The molecule has 1 radical (unpaired) electrons. The lowest BCUT2D eigenvalue weighted by Gasteiger charge is -2.02. The highest BCUT2D eigenvalue weighted by molar-refractivity contribution is 5.48. The van der Waals surface area contributed by atoms with E-state index in [2.05, 4.69) is 24.4 Å². The fourth-order valence-electron chi connectivity index (χ4n) is 1.27. The summed E-state index contributed by atoms with van der Waals surface area (Å²) in [5.41, 5.74) is 3.26. The first kappa shape index (κ1) is 8.82. The number of hydrogen-bond donors (Lipinski definition) is 0. The molecule has 0 aliphatic heterocycles. The van der Waals surface area contributed by atoms with E-state index in [4.69, 9.17) is 0 Å². The summed E-state index contributed by atoms with van der Waals surface area (Å²) in [6.07, 6.45) is 0. The number of nitrogens with zero attached hydrogens (tertiary/aromatic N) is 1. The van der Waals surface area contributed by atoms with Crippen LogP contribution in [0, 0.1) is 6.92 Å². The first-order chi connectivity index (χ1) is 6.84. The largest absolute Gasteiger partial charge is 0.249 e. The topological polar surface area (TPSA) is 14.1 Å². The van der Waals surface area contributed by atoms with E-state index < -0.39 is 0 Å². The molecule has 0 unspecified atom stereocenters. The van der Waals surface area contributed by atoms with E-state index >= 15 is 0 Å². The number of hydrogen-bond acceptors (Lipinski definition) is 0. The molecule has 0 amide bonds. The van der Waals surface area contributed by atoms with Gasteiger partial charge in [0, 0.05) is 0 Å². The second-order valence-electron chi connectivity index (χ2n) is 3.28. The van der Waals surface area contributed by atoms with E-state index in [-0.39, 0.29) is 0 Å². The first-order valence-corrected chi connectivity index (χ1v) is 4.68. The van der Waals surface area contributed by atoms with Crippen LogP contribution < -0.4 is 5.32 Å². The lowest BCUT2D eigenvalue weighted by Crippen LogP contribution is -1.87. The third-order valence-electron chi connectivity index (χ3n) is 2.05. The van der Waals surface area contributed by atoms with Crippen molar-refractivity contribution in [2.45, 2.75) is 6.92 Å². The highest BCUT2D eigenvalue weighted by atomic mass is 14.9. The molecule has 0 atom stereocenters. The Hall–Kier alpha value is -1.76. The maximum atomic E-state index is 4.48. The van der Waals surface area contributed by atoms with Gasteiger partial charge in [-0.05, 0) is 31.2 Å². The Balaban J connectivity index is 2.16. The predicted octanol–water partition coefficient (Wildman–Crippen LogP) is 3.56. The Labute approximate surface area is 84.4 Å². The van der Waals surface area contributed by atoms with Gasteiger partial charge in [-0.1, -0.05) is 35.9 Å². The molecule has 2 rings (SSSR count). The molecular weight excluding hydrogens is 170 g/mol. The van der Waals surface area contributed by atoms with Crippen molar-refractivity contribution in [2.24, 2.45) is 0 Å². The van der Waals surface area contributed by atoms with Crippen molar-refractivity contribution >= 4 is 11.4 Å². The smallest absolute Gasteiger partial charge is 0.0637 e. The van der Waals surface area contributed by atoms with Gasteiger partial charge in [0.25, 0.3) is 0 Å². The van der Waals surface area contributed by atoms with Gasteiger partial charge < -0.3 is 0 Å². The van der Waals surface area contributed by atoms with Crippen LogP contribution in [0.4, 0.5) is 11.4 Å². The molecule has 2 aromatic carbocycles. The molecule has 1 nitrogen and oxygen atoms in total. The van der Waals surface area contributed by atoms with E-state index in [1.54, 1.807) is 0 Å². The van der Waals surface area contributed by atoms with Crippen molar-refractivity contribution in [2.75, 3.05) is 0 Å². The van der Waals surface area contributed by atoms with E-state index in [0.717, 1.165) is 11.4 Å². The molecule has 0 aliphatic rings. The highest BCUT2D eigenvalue weighted by Crippen LogP contribution is 2.16. The molecule has 0 saturated carbocycles. The Bertz CT molecular complexity index is 389. The number of aryl methyl sites for hydroxylation is 1. The van der Waals surface area contributed by atoms with Crippen LogP contribution in [0.15, 0.2) is 54.6 Å². The summed E-state index contributed by atoms with van der Waals surface area (Å²) < 4.78 is 0. The van der Waals surface area contributed by atoms with Crippen LogP contribution in [-0.4, -0.2) is 0 Å². The summed E-state index contributed by atoms with van der Waals surface area (Å²) in [6.45, 7) is 2.08. The fourth-order valence-corrected chi connectivity index (χ4v) is 1.27. The van der Waals surface area contributed by atoms with Crippen molar-refractivity contribution in [3.8, 4) is 0 Å². The number of benzene rings is 2. The van der Waals surface area contributed by atoms with Crippen LogP contribution in [0.1, 0.15) is 5.56 Å². The van der Waals surface area contributed by atoms with Gasteiger partial charge in [-0.15, -0.1) is 0 Å². The lowest BCUT2D eigenvalue weighted by atomic mass is 10.2. The second-order valence-corrected chi connectivity index (χ2v) is 3.28. The summed E-state index contributed by atoms with van der Waals surface area (Å²) in [5, 5.41) is 4.48. The van der Waals surface area contributed by atoms with Gasteiger partial charge in [-0.3, -0.25) is 0 Å². The Kier molecular flexibility index (Phi) is 2.50. The van der Waals surface area contributed by atoms with Crippen LogP contribution >= 0.6 is 0 Å². The zero-order chi connectivity index (χ0) is 9.80. The zero-order valence-electron chi connectivity index (χ0n) is 8.14. The first-order valence-electron chi connectivity index (χ1n) is 4.68. The molecule has 1 heteroatoms. The standard InChI is InChI=1S/C13H12N/c1-11-7-9-13(10-8-11)14-12-5-3-2-4-6-12/h2-10H,1H3. The summed E-state index contributed by atoms with van der Waals surface area (Å²) in [5.74, 6) is 0. The van der Waals surface area contributed by atoms with Crippen molar-refractivity contribution in [3.05, 3.63) is 60.2 Å². The van der Waals surface area contributed by atoms with Gasteiger partial charge in [-0.2, -0.15) is 0 Å². The molecule has 2 aromatic rings. The molecule has 0 fully saturated rings. The van der Waals surface area contributed by atoms with E-state index in [1.165, 1.54) is 5.56 Å². The van der Waals surface area contributed by atoms with Crippen molar-refractivity contribution in [1.82, 2.24) is 5.32 Å². The van der Waals surface area contributed by atoms with Crippen molar-refractivity contribution in [1.29, 1.82) is 0 Å². The summed E-state index contributed by atoms with van der Waals surface area (Å²) >= 11 is 0. The molecular formula is C13H12N. The van der Waals surface area contributed by atoms with Crippen LogP contribution in [0.25, 0.3) is 0 Å². The summed E-state index contributed by atoms with van der Waals surface area (Å²) in [4.78, 5) is 0. The molecule has 0 spiro atoms. The Morgan fingerprint density at radius 1 is 0.714 bits per heavy atom. The molecule has 0 saturated heterocycles. The monoisotopic (exact) mass is 182 g/mol. The molecule has 0 aromatic heterocycles. The normalized spacial score (nSPS) is 9.79. The van der Waals surface area contributed by atoms with Gasteiger partial charge in [-0.25, -0.2) is 5.32 Å². The van der Waals surface area contributed by atoms with Gasteiger partial charge in [0.2, 0.25) is 0 Å². The van der Waals surface area contributed by atoms with Gasteiger partial charge in [0.05, 0.1) is 11.4 Å². The number of para-hydroxylation sites is 1. The maximum Gasteiger partial charge on any atom is 0.0637 e. The number of rotatable bonds is 2. The summed E-state index contributed by atoms with van der Waals surface area (Å²) in [6, 6.07) is 18.2. The van der Waals surface area contributed by atoms with E-state index in [0.29, 0.717) is 0 Å². The minimum atomic E-state index is 0.997. The Morgan fingerprint density at radius 3 is 1.93 bits per heavy atom. The van der Waals surface area contributed by atoms with Crippen LogP contribution in [0.3, 0.4) is 0 Å². The van der Waals surface area contributed by atoms with Gasteiger partial charge >= 0.3 is 0 Å². The van der Waals surface area contributed by atoms with E-state index in [9.17, 15) is 0 Å². The van der Waals surface area contributed by atoms with Crippen molar-refractivity contribution < 1.29 is 0 Å². The molecule has 0 N–H and O–H groups in total. The third kappa shape index (κ3) is 2.13. The fraction of sp³-hybridized carbons (Fsp3) is 0.0769. The zero-order valence-corrected chi connectivity index (χ0v) is 8.14. The molecule has 0 aliphatic carbocycles. The third-order valence-corrected chi connectivity index (χ3v) is 2.05. The molecule has 0 bridgehead atoms. The van der Waals surface area contributed by atoms with E-state index in [1.807, 2.05) is 42.5 Å². The minimum Gasteiger partial charge on any atom is -0.249 e. The molecule has 14 heavy (non-hydrogen) atoms. The minimum absolute atomic E-state index is 0.997. The predicted molar refractivity (Wildman–Crippen MR) is 59.1 cm³/mol.